The highest BCUT2D eigenvalue weighted by Crippen LogP contribution is 2.22. The minimum absolute atomic E-state index is 0.154. The number of hydrogen-bond acceptors (Lipinski definition) is 2. The third-order valence-corrected chi connectivity index (χ3v) is 3.73. The molecule has 18 heavy (non-hydrogen) atoms. The topological polar surface area (TPSA) is 32.3 Å². The van der Waals surface area contributed by atoms with Gasteiger partial charge < -0.3 is 10.2 Å². The molecule has 0 unspecified atom stereocenters. The Labute approximate surface area is 114 Å². The second-order valence-electron chi connectivity index (χ2n) is 4.48. The fourth-order valence-electron chi connectivity index (χ4n) is 2.37. The summed E-state index contributed by atoms with van der Waals surface area (Å²) < 4.78 is 14.4. The van der Waals surface area contributed by atoms with Crippen LogP contribution in [0.2, 0.25) is 0 Å². The van der Waals surface area contributed by atoms with Gasteiger partial charge in [0, 0.05) is 23.6 Å². The molecule has 1 aromatic rings. The zero-order valence-electron chi connectivity index (χ0n) is 10.2. The fourth-order valence-corrected chi connectivity index (χ4v) is 2.70. The molecule has 1 atom stereocenters. The summed E-state index contributed by atoms with van der Waals surface area (Å²) >= 11 is 3.19. The lowest BCUT2D eigenvalue weighted by Gasteiger charge is -2.24. The summed E-state index contributed by atoms with van der Waals surface area (Å²) in [5.74, 6) is -0.678. The average Bonchev–Trinajstić information content (AvgIpc) is 2.77. The van der Waals surface area contributed by atoms with Gasteiger partial charge in [-0.2, -0.15) is 0 Å². The molecule has 5 heteroatoms. The minimum Gasteiger partial charge on any atom is -0.334 e. The molecule has 98 valence electrons. The molecule has 1 aliphatic rings. The zero-order chi connectivity index (χ0) is 13.1. The molecule has 1 amide bonds. The summed E-state index contributed by atoms with van der Waals surface area (Å²) in [6, 6.07) is 4.73. The maximum absolute atomic E-state index is 13.8. The van der Waals surface area contributed by atoms with Crippen molar-refractivity contribution in [3.8, 4) is 0 Å². The van der Waals surface area contributed by atoms with Crippen LogP contribution in [0.5, 0.6) is 0 Å². The Bertz CT molecular complexity index is 453. The van der Waals surface area contributed by atoms with Crippen LogP contribution in [0.1, 0.15) is 23.2 Å². The van der Waals surface area contributed by atoms with Gasteiger partial charge in [0.05, 0.1) is 5.56 Å². The molecule has 1 fully saturated rings. The first-order chi connectivity index (χ1) is 8.63. The van der Waals surface area contributed by atoms with E-state index in [-0.39, 0.29) is 17.5 Å². The Balaban J connectivity index is 2.20. The highest BCUT2D eigenvalue weighted by atomic mass is 79.9. The number of carbonyl (C=O) groups excluding carboxylic acids is 1. The normalized spacial score (nSPS) is 19.3. The summed E-state index contributed by atoms with van der Waals surface area (Å²) in [6.07, 6.45) is 1.96. The Morgan fingerprint density at radius 3 is 3.06 bits per heavy atom. The molecular formula is C13H16BrFN2O. The second-order valence-corrected chi connectivity index (χ2v) is 5.39. The van der Waals surface area contributed by atoms with Crippen LogP contribution in [0.25, 0.3) is 0 Å². The molecule has 0 saturated carbocycles. The van der Waals surface area contributed by atoms with Crippen LogP contribution in [0.4, 0.5) is 4.39 Å². The van der Waals surface area contributed by atoms with Crippen molar-refractivity contribution in [3.05, 3.63) is 34.1 Å². The number of rotatable bonds is 3. The van der Waals surface area contributed by atoms with E-state index in [1.165, 1.54) is 12.1 Å². The predicted octanol–water partition coefficient (Wildman–Crippen LogP) is 2.41. The second kappa shape index (κ2) is 5.80. The number of hydrogen-bond donors (Lipinski definition) is 1. The van der Waals surface area contributed by atoms with Crippen LogP contribution < -0.4 is 5.32 Å². The SMILES string of the molecule is CNC[C@H]1CCCN1C(=O)c1ccc(Br)cc1F. The van der Waals surface area contributed by atoms with E-state index in [1.54, 1.807) is 11.0 Å². The van der Waals surface area contributed by atoms with Gasteiger partial charge in [0.2, 0.25) is 0 Å². The molecule has 1 N–H and O–H groups in total. The average molecular weight is 315 g/mol. The van der Waals surface area contributed by atoms with Gasteiger partial charge in [-0.25, -0.2) is 4.39 Å². The van der Waals surface area contributed by atoms with Gasteiger partial charge in [0.1, 0.15) is 5.82 Å². The van der Waals surface area contributed by atoms with E-state index in [0.717, 1.165) is 19.4 Å². The Morgan fingerprint density at radius 1 is 1.61 bits per heavy atom. The number of likely N-dealkylation sites (tertiary alicyclic amines) is 1. The Kier molecular flexibility index (Phi) is 4.35. The van der Waals surface area contributed by atoms with E-state index >= 15 is 0 Å². The van der Waals surface area contributed by atoms with E-state index < -0.39 is 5.82 Å². The van der Waals surface area contributed by atoms with Gasteiger partial charge in [-0.3, -0.25) is 4.79 Å². The number of nitrogens with one attached hydrogen (secondary N) is 1. The number of carbonyl (C=O) groups is 1. The van der Waals surface area contributed by atoms with Gasteiger partial charge in [-0.05, 0) is 38.1 Å². The summed E-state index contributed by atoms with van der Waals surface area (Å²) in [5.41, 5.74) is 0.154. The molecule has 1 saturated heterocycles. The van der Waals surface area contributed by atoms with Crippen molar-refractivity contribution in [3.63, 3.8) is 0 Å². The van der Waals surface area contributed by atoms with Crippen molar-refractivity contribution in [2.75, 3.05) is 20.1 Å². The molecule has 3 nitrogen and oxygen atoms in total. The largest absolute Gasteiger partial charge is 0.334 e. The third kappa shape index (κ3) is 2.72. The lowest BCUT2D eigenvalue weighted by molar-refractivity contribution is 0.0732. The van der Waals surface area contributed by atoms with Gasteiger partial charge in [0.25, 0.3) is 5.91 Å². The van der Waals surface area contributed by atoms with Crippen LogP contribution in [-0.4, -0.2) is 37.0 Å². The number of benzene rings is 1. The molecular weight excluding hydrogens is 299 g/mol. The molecule has 0 aromatic heterocycles. The first-order valence-corrected chi connectivity index (χ1v) is 6.83. The molecule has 0 aliphatic carbocycles. The van der Waals surface area contributed by atoms with E-state index in [9.17, 15) is 9.18 Å². The van der Waals surface area contributed by atoms with Crippen LogP contribution in [0.3, 0.4) is 0 Å². The molecule has 1 aliphatic heterocycles. The van der Waals surface area contributed by atoms with Gasteiger partial charge >= 0.3 is 0 Å². The maximum atomic E-state index is 13.8. The van der Waals surface area contributed by atoms with Crippen molar-refractivity contribution in [1.29, 1.82) is 0 Å². The molecule has 0 bridgehead atoms. The molecule has 0 spiro atoms. The summed E-state index contributed by atoms with van der Waals surface area (Å²) in [7, 11) is 1.86. The quantitative estimate of drug-likeness (QED) is 0.929. The van der Waals surface area contributed by atoms with Crippen molar-refractivity contribution in [1.82, 2.24) is 10.2 Å². The van der Waals surface area contributed by atoms with E-state index in [1.807, 2.05) is 7.05 Å². The maximum Gasteiger partial charge on any atom is 0.257 e. The van der Waals surface area contributed by atoms with Gasteiger partial charge in [-0.1, -0.05) is 15.9 Å². The van der Waals surface area contributed by atoms with Crippen molar-refractivity contribution >= 4 is 21.8 Å². The Hall–Kier alpha value is -0.940. The molecule has 1 heterocycles. The summed E-state index contributed by atoms with van der Waals surface area (Å²) in [5, 5.41) is 3.07. The number of halogens is 2. The van der Waals surface area contributed by atoms with Crippen molar-refractivity contribution in [2.45, 2.75) is 18.9 Å². The predicted molar refractivity (Wildman–Crippen MR) is 72.1 cm³/mol. The molecule has 2 rings (SSSR count). The Morgan fingerprint density at radius 2 is 2.39 bits per heavy atom. The van der Waals surface area contributed by atoms with E-state index in [0.29, 0.717) is 11.0 Å². The first kappa shape index (κ1) is 13.5. The molecule has 0 radical (unpaired) electrons. The van der Waals surface area contributed by atoms with Gasteiger partial charge in [0.15, 0.2) is 0 Å². The van der Waals surface area contributed by atoms with Gasteiger partial charge in [-0.15, -0.1) is 0 Å². The lowest BCUT2D eigenvalue weighted by Crippen LogP contribution is -2.41. The van der Waals surface area contributed by atoms with Crippen LogP contribution in [0, 0.1) is 5.82 Å². The molecule has 1 aromatic carbocycles. The fraction of sp³-hybridized carbons (Fsp3) is 0.462. The first-order valence-electron chi connectivity index (χ1n) is 6.04. The van der Waals surface area contributed by atoms with E-state index in [4.69, 9.17) is 0 Å². The van der Waals surface area contributed by atoms with Crippen molar-refractivity contribution < 1.29 is 9.18 Å². The third-order valence-electron chi connectivity index (χ3n) is 3.24. The zero-order valence-corrected chi connectivity index (χ0v) is 11.8. The minimum atomic E-state index is -0.468. The number of amides is 1. The number of likely N-dealkylation sites (N-methyl/N-ethyl adjacent to an activating group) is 1. The van der Waals surface area contributed by atoms with Crippen LogP contribution in [-0.2, 0) is 0 Å². The highest BCUT2D eigenvalue weighted by molar-refractivity contribution is 9.10. The highest BCUT2D eigenvalue weighted by Gasteiger charge is 2.30. The van der Waals surface area contributed by atoms with Crippen molar-refractivity contribution in [2.24, 2.45) is 0 Å². The lowest BCUT2D eigenvalue weighted by atomic mass is 10.1. The monoisotopic (exact) mass is 314 g/mol. The number of nitrogens with zero attached hydrogens (tertiary/aromatic N) is 1. The summed E-state index contributed by atoms with van der Waals surface area (Å²) in [4.78, 5) is 14.1. The smallest absolute Gasteiger partial charge is 0.257 e. The standard InChI is InChI=1S/C13H16BrFN2O/c1-16-8-10-3-2-6-17(10)13(18)11-5-4-9(14)7-12(11)15/h4-5,7,10,16H,2-3,6,8H2,1H3/t10-/m1/s1. The van der Waals surface area contributed by atoms with Crippen LogP contribution >= 0.6 is 15.9 Å². The summed E-state index contributed by atoms with van der Waals surface area (Å²) in [6.45, 7) is 1.46. The van der Waals surface area contributed by atoms with E-state index in [2.05, 4.69) is 21.2 Å². The van der Waals surface area contributed by atoms with Crippen LogP contribution in [0.15, 0.2) is 22.7 Å².